The number of aliphatic hydroxyl groups is 1. The van der Waals surface area contributed by atoms with Crippen LogP contribution in [0.5, 0.6) is 5.75 Å². The van der Waals surface area contributed by atoms with Crippen LogP contribution in [-0.2, 0) is 40.8 Å². The zero-order valence-electron chi connectivity index (χ0n) is 34.2. The molecular formula is C45H59N3O8Si. The molecule has 3 heterocycles. The van der Waals surface area contributed by atoms with Crippen molar-refractivity contribution in [3.63, 3.8) is 0 Å². The Labute approximate surface area is 338 Å². The summed E-state index contributed by atoms with van der Waals surface area (Å²) in [7, 11) is 0.442. The summed E-state index contributed by atoms with van der Waals surface area (Å²) in [5.41, 5.74) is 1.54. The molecule has 4 atom stereocenters. The number of benzene rings is 3. The molecular weight excluding hydrogens is 739 g/mol. The summed E-state index contributed by atoms with van der Waals surface area (Å²) in [6.07, 6.45) is 5.08. The number of carbonyl (C=O) groups excluding carboxylic acids is 4. The minimum absolute atomic E-state index is 0.0300. The highest BCUT2D eigenvalue weighted by atomic mass is 28.3. The molecule has 0 radical (unpaired) electrons. The maximum atomic E-state index is 15.3. The van der Waals surface area contributed by atoms with E-state index in [1.165, 1.54) is 7.11 Å². The molecule has 1 spiro atoms. The van der Waals surface area contributed by atoms with Crippen molar-refractivity contribution in [1.29, 1.82) is 0 Å². The number of amides is 3. The van der Waals surface area contributed by atoms with Gasteiger partial charge in [0.15, 0.2) is 5.60 Å². The molecule has 1 N–H and O–H groups in total. The van der Waals surface area contributed by atoms with Crippen molar-refractivity contribution in [2.24, 2.45) is 5.92 Å². The zero-order valence-corrected chi connectivity index (χ0v) is 35.2. The van der Waals surface area contributed by atoms with Gasteiger partial charge in [-0.3, -0.25) is 19.2 Å². The molecule has 0 bridgehead atoms. The number of fused-ring (bicyclic) bond motifs is 2. The smallest absolute Gasteiger partial charge is 0.305 e. The van der Waals surface area contributed by atoms with Gasteiger partial charge in [0.2, 0.25) is 11.8 Å². The Morgan fingerprint density at radius 1 is 0.965 bits per heavy atom. The van der Waals surface area contributed by atoms with E-state index in [1.807, 2.05) is 65.6 Å². The fraction of sp³-hybridized carbons (Fsp3) is 0.511. The van der Waals surface area contributed by atoms with Gasteiger partial charge in [-0.05, 0) is 67.1 Å². The van der Waals surface area contributed by atoms with Crippen LogP contribution >= 0.6 is 0 Å². The summed E-state index contributed by atoms with van der Waals surface area (Å²) in [6, 6.07) is 23.7. The molecule has 0 unspecified atom stereocenters. The predicted molar refractivity (Wildman–Crippen MR) is 223 cm³/mol. The lowest BCUT2D eigenvalue weighted by atomic mass is 9.82. The first-order chi connectivity index (χ1) is 27.5. The van der Waals surface area contributed by atoms with Gasteiger partial charge in [0.25, 0.3) is 5.91 Å². The van der Waals surface area contributed by atoms with Crippen molar-refractivity contribution in [1.82, 2.24) is 4.90 Å². The second kappa shape index (κ2) is 18.4. The molecule has 6 rings (SSSR count). The quantitative estimate of drug-likeness (QED) is 0.108. The van der Waals surface area contributed by atoms with Gasteiger partial charge >= 0.3 is 5.97 Å². The van der Waals surface area contributed by atoms with Crippen LogP contribution in [-0.4, -0.2) is 88.3 Å². The van der Waals surface area contributed by atoms with Crippen LogP contribution in [0.15, 0.2) is 72.8 Å². The zero-order chi connectivity index (χ0) is 40.7. The molecule has 11 nitrogen and oxygen atoms in total. The average Bonchev–Trinajstić information content (AvgIpc) is 3.63. The Kier molecular flexibility index (Phi) is 13.6. The van der Waals surface area contributed by atoms with Crippen molar-refractivity contribution in [3.8, 4) is 5.75 Å². The summed E-state index contributed by atoms with van der Waals surface area (Å²) >= 11 is 0. The molecule has 0 saturated carbocycles. The van der Waals surface area contributed by atoms with Gasteiger partial charge in [-0.25, -0.2) is 0 Å². The second-order valence-corrected chi connectivity index (χ2v) is 21.0. The number of anilines is 2. The molecule has 12 heteroatoms. The summed E-state index contributed by atoms with van der Waals surface area (Å²) in [4.78, 5) is 60.6. The summed E-state index contributed by atoms with van der Waals surface area (Å²) < 4.78 is 17.7. The van der Waals surface area contributed by atoms with Crippen LogP contribution < -0.4 is 19.7 Å². The fourth-order valence-electron chi connectivity index (χ4n) is 9.48. The van der Waals surface area contributed by atoms with E-state index in [4.69, 9.17) is 14.2 Å². The van der Waals surface area contributed by atoms with Gasteiger partial charge in [-0.1, -0.05) is 80.5 Å². The van der Waals surface area contributed by atoms with Crippen LogP contribution in [0.4, 0.5) is 11.4 Å². The molecule has 0 aliphatic carbocycles. The van der Waals surface area contributed by atoms with E-state index < -0.39 is 19.8 Å². The van der Waals surface area contributed by atoms with Crippen LogP contribution in [0.1, 0.15) is 75.8 Å². The molecule has 3 aliphatic rings. The Hall–Kier alpha value is -4.52. The van der Waals surface area contributed by atoms with E-state index in [9.17, 15) is 19.5 Å². The number of methoxy groups -OCH3 is 2. The summed E-state index contributed by atoms with van der Waals surface area (Å²) in [5.74, 6) is -0.170. The van der Waals surface area contributed by atoms with Crippen LogP contribution in [0, 0.1) is 5.92 Å². The third-order valence-electron chi connectivity index (χ3n) is 12.5. The monoisotopic (exact) mass is 797 g/mol. The van der Waals surface area contributed by atoms with Gasteiger partial charge in [0.05, 0.1) is 47.1 Å². The third kappa shape index (κ3) is 8.68. The number of unbranched alkanes of at least 4 members (excludes halogenated alkanes) is 1. The number of aliphatic hydroxyl groups excluding tert-OH is 1. The molecule has 57 heavy (non-hydrogen) atoms. The lowest BCUT2D eigenvalue weighted by Crippen LogP contribution is -2.52. The number of carbonyl (C=O) groups is 4. The number of rotatable bonds is 15. The average molecular weight is 798 g/mol. The fourth-order valence-corrected chi connectivity index (χ4v) is 13.5. The largest absolute Gasteiger partial charge is 0.497 e. The summed E-state index contributed by atoms with van der Waals surface area (Å²) in [5, 5.41) is 11.2. The first-order valence-corrected chi connectivity index (χ1v) is 23.6. The standard InChI is InChI=1S/C45H59N3O8Si/c1-32-43(57(4,5)36-22-20-35(54-2)21-23-36)39(30-41(51)46(27-28-49)31-33-15-9-8-10-16-33)56-45(32)37-29-34(47-25-13-7-6-11-17-40(47)50)19-24-38(37)48(44(45)53)26-14-12-18-42(52)55-3/h8-10,15-16,19-24,29,32,39,43,49H,6-7,11-14,17-18,25-28,30-31H2,1-5H3/t32-,39+,43-,45+/m0/s1. The van der Waals surface area contributed by atoms with Crippen molar-refractivity contribution in [3.05, 3.63) is 83.9 Å². The maximum Gasteiger partial charge on any atom is 0.305 e. The van der Waals surface area contributed by atoms with Crippen molar-refractivity contribution >= 4 is 48.3 Å². The summed E-state index contributed by atoms with van der Waals surface area (Å²) in [6.45, 7) is 7.96. The SMILES string of the molecule is COC(=O)CCCCN1C(=O)[C@]2(O[C@H](CC(=O)N(CCO)Cc3ccccc3)[C@@H]([Si](C)(C)c3ccc(OC)cc3)[C@@H]2C)c2cc(N3CCCCCCC3=O)ccc21. The first-order valence-electron chi connectivity index (χ1n) is 20.5. The maximum absolute atomic E-state index is 15.3. The first kappa shape index (κ1) is 42.1. The van der Waals surface area contributed by atoms with E-state index in [0.717, 1.165) is 59.1 Å². The molecule has 2 saturated heterocycles. The minimum atomic E-state index is -2.57. The Balaban J connectivity index is 1.44. The van der Waals surface area contributed by atoms with Crippen LogP contribution in [0.3, 0.4) is 0 Å². The molecule has 3 aromatic rings. The van der Waals surface area contributed by atoms with Crippen molar-refractivity contribution in [2.75, 3.05) is 50.3 Å². The predicted octanol–water partition coefficient (Wildman–Crippen LogP) is 6.31. The van der Waals surface area contributed by atoms with Gasteiger partial charge in [-0.15, -0.1) is 0 Å². The number of hydrogen-bond donors (Lipinski definition) is 1. The molecule has 306 valence electrons. The number of hydrogen-bond acceptors (Lipinski definition) is 8. The van der Waals surface area contributed by atoms with E-state index in [-0.39, 0.29) is 61.1 Å². The van der Waals surface area contributed by atoms with Gasteiger partial charge in [-0.2, -0.15) is 0 Å². The Morgan fingerprint density at radius 2 is 1.70 bits per heavy atom. The van der Waals surface area contributed by atoms with E-state index in [2.05, 4.69) is 32.2 Å². The van der Waals surface area contributed by atoms with Gasteiger partial charge < -0.3 is 34.0 Å². The molecule has 3 aromatic carbocycles. The van der Waals surface area contributed by atoms with E-state index >= 15 is 4.79 Å². The van der Waals surface area contributed by atoms with Crippen LogP contribution in [0.25, 0.3) is 0 Å². The van der Waals surface area contributed by atoms with Gasteiger partial charge in [0, 0.05) is 56.2 Å². The van der Waals surface area contributed by atoms with Crippen molar-refractivity contribution < 1.29 is 38.5 Å². The highest BCUT2D eigenvalue weighted by Gasteiger charge is 2.66. The number of ether oxygens (including phenoxy) is 3. The topological polar surface area (TPSA) is 126 Å². The normalized spacial score (nSPS) is 22.3. The lowest BCUT2D eigenvalue weighted by molar-refractivity contribution is -0.149. The molecule has 3 amide bonds. The third-order valence-corrected chi connectivity index (χ3v) is 16.9. The molecule has 0 aromatic heterocycles. The molecule has 3 aliphatic heterocycles. The minimum Gasteiger partial charge on any atom is -0.497 e. The molecule has 2 fully saturated rings. The number of nitrogens with zero attached hydrogens (tertiary/aromatic N) is 3. The Bertz CT molecular complexity index is 1890. The van der Waals surface area contributed by atoms with E-state index in [0.29, 0.717) is 38.9 Å². The van der Waals surface area contributed by atoms with E-state index in [1.54, 1.807) is 16.9 Å². The van der Waals surface area contributed by atoms with Crippen LogP contribution in [0.2, 0.25) is 18.6 Å². The van der Waals surface area contributed by atoms with Crippen molar-refractivity contribution in [2.45, 2.75) is 102 Å². The number of esters is 1. The Morgan fingerprint density at radius 3 is 2.40 bits per heavy atom. The van der Waals surface area contributed by atoms with Gasteiger partial charge in [0.1, 0.15) is 5.75 Å². The second-order valence-electron chi connectivity index (χ2n) is 16.3. The highest BCUT2D eigenvalue weighted by molar-refractivity contribution is 6.91. The lowest BCUT2D eigenvalue weighted by Gasteiger charge is -2.37. The highest BCUT2D eigenvalue weighted by Crippen LogP contribution is 2.60.